The van der Waals surface area contributed by atoms with Crippen molar-refractivity contribution in [2.24, 2.45) is 5.92 Å². The number of benzene rings is 1. The lowest BCUT2D eigenvalue weighted by Crippen LogP contribution is -2.25. The Bertz CT molecular complexity index is 608. The lowest BCUT2D eigenvalue weighted by molar-refractivity contribution is 0.0613. The van der Waals surface area contributed by atoms with Gasteiger partial charge in [-0.05, 0) is 30.9 Å². The number of aromatic hydroxyl groups is 1. The van der Waals surface area contributed by atoms with Crippen LogP contribution >= 0.6 is 0 Å². The third kappa shape index (κ3) is 2.01. The van der Waals surface area contributed by atoms with E-state index >= 15 is 0 Å². The van der Waals surface area contributed by atoms with Crippen LogP contribution in [0.15, 0.2) is 23.0 Å². The molecule has 2 heterocycles. The molecule has 0 saturated carbocycles. The molecule has 1 aliphatic heterocycles. The third-order valence-corrected chi connectivity index (χ3v) is 3.54. The van der Waals surface area contributed by atoms with Crippen LogP contribution in [0.3, 0.4) is 0 Å². The topological polar surface area (TPSA) is 67.2 Å². The van der Waals surface area contributed by atoms with E-state index in [0.717, 1.165) is 37.1 Å². The van der Waals surface area contributed by atoms with Gasteiger partial charge in [0.25, 0.3) is 0 Å². The van der Waals surface area contributed by atoms with Gasteiger partial charge in [0.15, 0.2) is 0 Å². The van der Waals surface area contributed by atoms with Crippen LogP contribution in [0, 0.1) is 5.92 Å². The molecule has 0 unspecified atom stereocenters. The summed E-state index contributed by atoms with van der Waals surface area (Å²) in [5, 5.41) is 9.52. The first-order valence-corrected chi connectivity index (χ1v) is 6.23. The van der Waals surface area contributed by atoms with Gasteiger partial charge in [0.2, 0.25) is 0 Å². The van der Waals surface area contributed by atoms with Gasteiger partial charge in [-0.2, -0.15) is 0 Å². The lowest BCUT2D eigenvalue weighted by Gasteiger charge is -2.22. The van der Waals surface area contributed by atoms with Gasteiger partial charge in [0.1, 0.15) is 5.75 Å². The Hall–Kier alpha value is -1.75. The van der Waals surface area contributed by atoms with Crippen LogP contribution in [-0.2, 0) is 11.3 Å². The normalized spacial score (nSPS) is 17.3. The summed E-state index contributed by atoms with van der Waals surface area (Å²) in [7, 11) is 0. The quantitative estimate of drug-likeness (QED) is 0.845. The van der Waals surface area contributed by atoms with Gasteiger partial charge < -0.3 is 14.8 Å². The maximum absolute atomic E-state index is 11.9. The number of aromatic nitrogens is 2. The van der Waals surface area contributed by atoms with Crippen molar-refractivity contribution in [1.29, 1.82) is 0 Å². The van der Waals surface area contributed by atoms with Crippen LogP contribution in [0.2, 0.25) is 0 Å². The summed E-state index contributed by atoms with van der Waals surface area (Å²) in [4.78, 5) is 14.7. The number of imidazole rings is 1. The van der Waals surface area contributed by atoms with Crippen molar-refractivity contribution in [3.63, 3.8) is 0 Å². The number of phenolic OH excluding ortho intramolecular Hbond substituents is 1. The van der Waals surface area contributed by atoms with Gasteiger partial charge in [-0.25, -0.2) is 4.79 Å². The zero-order chi connectivity index (χ0) is 12.5. The predicted octanol–water partition coefficient (Wildman–Crippen LogP) is 1.46. The Morgan fingerprint density at radius 3 is 2.94 bits per heavy atom. The number of nitrogens with zero attached hydrogens (tertiary/aromatic N) is 1. The molecular formula is C13H16N2O3. The van der Waals surface area contributed by atoms with Gasteiger partial charge >= 0.3 is 5.69 Å². The summed E-state index contributed by atoms with van der Waals surface area (Å²) in [5.41, 5.74) is 1.43. The van der Waals surface area contributed by atoms with Crippen molar-refractivity contribution in [2.75, 3.05) is 13.2 Å². The van der Waals surface area contributed by atoms with E-state index in [1.807, 2.05) is 0 Å². The first-order chi connectivity index (χ1) is 8.74. The zero-order valence-corrected chi connectivity index (χ0v) is 10.1. The van der Waals surface area contributed by atoms with E-state index in [4.69, 9.17) is 4.74 Å². The fourth-order valence-corrected chi connectivity index (χ4v) is 2.51. The van der Waals surface area contributed by atoms with Crippen LogP contribution in [0.25, 0.3) is 11.0 Å². The Labute approximate surface area is 104 Å². The molecule has 1 saturated heterocycles. The molecule has 5 nitrogen and oxygen atoms in total. The van der Waals surface area contributed by atoms with Crippen molar-refractivity contribution >= 4 is 11.0 Å². The molecular weight excluding hydrogens is 232 g/mol. The van der Waals surface area contributed by atoms with Gasteiger partial charge in [0.05, 0.1) is 11.0 Å². The minimum atomic E-state index is -0.109. The molecule has 0 amide bonds. The van der Waals surface area contributed by atoms with Crippen molar-refractivity contribution in [2.45, 2.75) is 19.4 Å². The second-order valence-electron chi connectivity index (χ2n) is 4.80. The molecule has 3 rings (SSSR count). The number of ether oxygens (including phenoxy) is 1. The fourth-order valence-electron chi connectivity index (χ4n) is 2.51. The Kier molecular flexibility index (Phi) is 2.83. The molecule has 1 aliphatic rings. The highest BCUT2D eigenvalue weighted by Gasteiger charge is 2.17. The number of phenols is 1. The Morgan fingerprint density at radius 2 is 2.17 bits per heavy atom. The smallest absolute Gasteiger partial charge is 0.326 e. The van der Waals surface area contributed by atoms with E-state index in [2.05, 4.69) is 4.98 Å². The molecule has 0 bridgehead atoms. The average Bonchev–Trinajstić information content (AvgIpc) is 2.67. The third-order valence-electron chi connectivity index (χ3n) is 3.54. The average molecular weight is 248 g/mol. The highest BCUT2D eigenvalue weighted by Crippen LogP contribution is 2.21. The molecule has 0 radical (unpaired) electrons. The van der Waals surface area contributed by atoms with Crippen molar-refractivity contribution in [3.05, 3.63) is 28.7 Å². The van der Waals surface area contributed by atoms with Gasteiger partial charge in [-0.15, -0.1) is 0 Å². The number of nitrogens with one attached hydrogen (secondary N) is 1. The molecule has 0 aliphatic carbocycles. The van der Waals surface area contributed by atoms with E-state index in [-0.39, 0.29) is 11.4 Å². The molecule has 0 spiro atoms. The van der Waals surface area contributed by atoms with Crippen LogP contribution in [0.5, 0.6) is 5.75 Å². The maximum Gasteiger partial charge on any atom is 0.326 e. The molecule has 1 aromatic heterocycles. The Morgan fingerprint density at radius 1 is 1.39 bits per heavy atom. The Balaban J connectivity index is 1.97. The summed E-state index contributed by atoms with van der Waals surface area (Å²) >= 11 is 0. The largest absolute Gasteiger partial charge is 0.508 e. The summed E-state index contributed by atoms with van der Waals surface area (Å²) in [6.45, 7) is 2.23. The number of fused-ring (bicyclic) bond motifs is 1. The highest BCUT2D eigenvalue weighted by atomic mass is 16.5. The van der Waals surface area contributed by atoms with E-state index in [0.29, 0.717) is 12.5 Å². The number of hydrogen-bond donors (Lipinski definition) is 2. The van der Waals surface area contributed by atoms with E-state index < -0.39 is 0 Å². The maximum atomic E-state index is 11.9. The molecule has 1 fully saturated rings. The van der Waals surface area contributed by atoms with Gasteiger partial charge in [-0.1, -0.05) is 0 Å². The molecule has 96 valence electrons. The lowest BCUT2D eigenvalue weighted by atomic mass is 10.0. The van der Waals surface area contributed by atoms with Crippen molar-refractivity contribution in [1.82, 2.24) is 9.55 Å². The second kappa shape index (κ2) is 4.49. The highest BCUT2D eigenvalue weighted by molar-refractivity contribution is 5.76. The van der Waals surface area contributed by atoms with Crippen molar-refractivity contribution < 1.29 is 9.84 Å². The zero-order valence-electron chi connectivity index (χ0n) is 10.1. The van der Waals surface area contributed by atoms with Crippen LogP contribution < -0.4 is 5.69 Å². The molecule has 2 aromatic rings. The van der Waals surface area contributed by atoms with E-state index in [9.17, 15) is 9.90 Å². The monoisotopic (exact) mass is 248 g/mol. The number of rotatable bonds is 2. The van der Waals surface area contributed by atoms with E-state index in [1.165, 1.54) is 0 Å². The summed E-state index contributed by atoms with van der Waals surface area (Å²) in [6, 6.07) is 4.94. The summed E-state index contributed by atoms with van der Waals surface area (Å²) in [5.74, 6) is 0.653. The standard InChI is InChI=1S/C13H16N2O3/c16-10-1-2-11-12(7-10)15(13(17)14-11)8-9-3-5-18-6-4-9/h1-2,7,9,16H,3-6,8H2,(H,14,17). The van der Waals surface area contributed by atoms with Crippen LogP contribution in [-0.4, -0.2) is 27.9 Å². The van der Waals surface area contributed by atoms with Crippen LogP contribution in [0.1, 0.15) is 12.8 Å². The second-order valence-corrected chi connectivity index (χ2v) is 4.80. The van der Waals surface area contributed by atoms with Gasteiger partial charge in [-0.3, -0.25) is 4.57 Å². The van der Waals surface area contributed by atoms with Crippen LogP contribution in [0.4, 0.5) is 0 Å². The fraction of sp³-hybridized carbons (Fsp3) is 0.462. The predicted molar refractivity (Wildman–Crippen MR) is 67.8 cm³/mol. The molecule has 1 aromatic carbocycles. The first kappa shape index (κ1) is 11.3. The number of H-pyrrole nitrogens is 1. The minimum Gasteiger partial charge on any atom is -0.508 e. The van der Waals surface area contributed by atoms with E-state index in [1.54, 1.807) is 22.8 Å². The molecule has 5 heteroatoms. The summed E-state index contributed by atoms with van der Waals surface area (Å²) in [6.07, 6.45) is 1.97. The number of aromatic amines is 1. The first-order valence-electron chi connectivity index (χ1n) is 6.23. The SMILES string of the molecule is O=c1[nH]c2ccc(O)cc2n1CC1CCOCC1. The molecule has 18 heavy (non-hydrogen) atoms. The molecule has 2 N–H and O–H groups in total. The summed E-state index contributed by atoms with van der Waals surface area (Å²) < 4.78 is 7.03. The molecule has 0 atom stereocenters. The minimum absolute atomic E-state index is 0.109. The van der Waals surface area contributed by atoms with Crippen molar-refractivity contribution in [3.8, 4) is 5.75 Å². The van der Waals surface area contributed by atoms with Gasteiger partial charge in [0, 0.05) is 25.8 Å². The number of hydrogen-bond acceptors (Lipinski definition) is 3.